The molecular formula is C12H14N2O3. The third-order valence-corrected chi connectivity index (χ3v) is 2.84. The lowest BCUT2D eigenvalue weighted by Gasteiger charge is -2.26. The number of carboxylic acids is 1. The molecule has 1 saturated heterocycles. The van der Waals surface area contributed by atoms with Crippen LogP contribution in [0.15, 0.2) is 18.5 Å². The van der Waals surface area contributed by atoms with E-state index in [1.807, 2.05) is 0 Å². The molecule has 1 aliphatic rings. The van der Waals surface area contributed by atoms with Crippen LogP contribution in [0.3, 0.4) is 0 Å². The van der Waals surface area contributed by atoms with Gasteiger partial charge in [0.05, 0.1) is 5.56 Å². The molecule has 17 heavy (non-hydrogen) atoms. The number of carbonyl (C=O) groups is 2. The van der Waals surface area contributed by atoms with Crippen LogP contribution in [-0.4, -0.2) is 33.4 Å². The zero-order valence-electron chi connectivity index (χ0n) is 9.43. The average molecular weight is 234 g/mol. The van der Waals surface area contributed by atoms with Gasteiger partial charge >= 0.3 is 5.97 Å². The minimum absolute atomic E-state index is 0.136. The number of hydrogen-bond acceptors (Lipinski definition) is 3. The molecule has 1 aliphatic heterocycles. The molecule has 2 heterocycles. The smallest absolute Gasteiger partial charge is 0.337 e. The lowest BCUT2D eigenvalue weighted by Crippen LogP contribution is -2.34. The molecule has 1 fully saturated rings. The molecule has 1 aromatic heterocycles. The molecule has 0 radical (unpaired) electrons. The SMILES string of the molecule is O=C(O)c1cncc(CN2CCCCC2=O)c1. The molecule has 1 aromatic rings. The number of nitrogens with zero attached hydrogens (tertiary/aromatic N) is 2. The second-order valence-electron chi connectivity index (χ2n) is 4.16. The third-order valence-electron chi connectivity index (χ3n) is 2.84. The Morgan fingerprint density at radius 3 is 2.94 bits per heavy atom. The Morgan fingerprint density at radius 1 is 1.41 bits per heavy atom. The molecule has 5 heteroatoms. The first-order valence-corrected chi connectivity index (χ1v) is 5.62. The van der Waals surface area contributed by atoms with E-state index in [-0.39, 0.29) is 11.5 Å². The largest absolute Gasteiger partial charge is 0.478 e. The molecular weight excluding hydrogens is 220 g/mol. The highest BCUT2D eigenvalue weighted by Gasteiger charge is 2.18. The first kappa shape index (κ1) is 11.6. The van der Waals surface area contributed by atoms with E-state index in [0.717, 1.165) is 24.9 Å². The molecule has 1 amide bonds. The van der Waals surface area contributed by atoms with Gasteiger partial charge in [-0.15, -0.1) is 0 Å². The quantitative estimate of drug-likeness (QED) is 0.855. The van der Waals surface area contributed by atoms with Gasteiger partial charge in [0.1, 0.15) is 0 Å². The summed E-state index contributed by atoms with van der Waals surface area (Å²) in [7, 11) is 0. The fraction of sp³-hybridized carbons (Fsp3) is 0.417. The highest BCUT2D eigenvalue weighted by atomic mass is 16.4. The fourth-order valence-corrected chi connectivity index (χ4v) is 1.94. The predicted octanol–water partition coefficient (Wildman–Crippen LogP) is 1.29. The number of hydrogen-bond donors (Lipinski definition) is 1. The van der Waals surface area contributed by atoms with E-state index < -0.39 is 5.97 Å². The van der Waals surface area contributed by atoms with Crippen LogP contribution in [0, 0.1) is 0 Å². The van der Waals surface area contributed by atoms with Crippen molar-refractivity contribution in [3.8, 4) is 0 Å². The number of pyridine rings is 1. The first-order valence-electron chi connectivity index (χ1n) is 5.62. The van der Waals surface area contributed by atoms with E-state index in [4.69, 9.17) is 5.11 Å². The third kappa shape index (κ3) is 2.81. The van der Waals surface area contributed by atoms with Crippen LogP contribution < -0.4 is 0 Å². The van der Waals surface area contributed by atoms with Crippen LogP contribution in [0.5, 0.6) is 0 Å². The highest BCUT2D eigenvalue weighted by Crippen LogP contribution is 2.14. The summed E-state index contributed by atoms with van der Waals surface area (Å²) in [5.74, 6) is -0.860. The van der Waals surface area contributed by atoms with Gasteiger partial charge < -0.3 is 10.0 Å². The molecule has 0 saturated carbocycles. The van der Waals surface area contributed by atoms with Gasteiger partial charge in [-0.3, -0.25) is 9.78 Å². The van der Waals surface area contributed by atoms with E-state index in [2.05, 4.69) is 4.98 Å². The van der Waals surface area contributed by atoms with Crippen molar-refractivity contribution in [1.82, 2.24) is 9.88 Å². The van der Waals surface area contributed by atoms with E-state index >= 15 is 0 Å². The van der Waals surface area contributed by atoms with Crippen molar-refractivity contribution in [3.05, 3.63) is 29.6 Å². The van der Waals surface area contributed by atoms with Crippen LogP contribution in [-0.2, 0) is 11.3 Å². The summed E-state index contributed by atoms with van der Waals surface area (Å²) in [6, 6.07) is 1.57. The van der Waals surface area contributed by atoms with Crippen molar-refractivity contribution < 1.29 is 14.7 Å². The minimum Gasteiger partial charge on any atom is -0.478 e. The number of amides is 1. The summed E-state index contributed by atoms with van der Waals surface area (Å²) < 4.78 is 0. The standard InChI is InChI=1S/C12H14N2O3/c15-11-3-1-2-4-14(11)8-9-5-10(12(16)17)7-13-6-9/h5-7H,1-4,8H2,(H,16,17). The number of aromatic carboxylic acids is 1. The summed E-state index contributed by atoms with van der Waals surface area (Å²) >= 11 is 0. The Bertz CT molecular complexity index is 445. The van der Waals surface area contributed by atoms with E-state index in [0.29, 0.717) is 13.0 Å². The highest BCUT2D eigenvalue weighted by molar-refractivity contribution is 5.87. The Kier molecular flexibility index (Phi) is 3.37. The lowest BCUT2D eigenvalue weighted by atomic mass is 10.1. The Balaban J connectivity index is 2.09. The van der Waals surface area contributed by atoms with Crippen molar-refractivity contribution in [1.29, 1.82) is 0 Å². The molecule has 0 bridgehead atoms. The number of aromatic nitrogens is 1. The second kappa shape index (κ2) is 4.95. The van der Waals surface area contributed by atoms with Crippen LogP contribution in [0.1, 0.15) is 35.2 Å². The topological polar surface area (TPSA) is 70.5 Å². The minimum atomic E-state index is -0.996. The Morgan fingerprint density at radius 2 is 2.24 bits per heavy atom. The van der Waals surface area contributed by atoms with Gasteiger partial charge in [-0.2, -0.15) is 0 Å². The molecule has 5 nitrogen and oxygen atoms in total. The molecule has 0 aliphatic carbocycles. The zero-order chi connectivity index (χ0) is 12.3. The fourth-order valence-electron chi connectivity index (χ4n) is 1.94. The number of rotatable bonds is 3. The zero-order valence-corrected chi connectivity index (χ0v) is 9.43. The van der Waals surface area contributed by atoms with E-state index in [1.54, 1.807) is 17.2 Å². The molecule has 0 unspecified atom stereocenters. The maximum Gasteiger partial charge on any atom is 0.337 e. The van der Waals surface area contributed by atoms with Crippen LogP contribution in [0.2, 0.25) is 0 Å². The lowest BCUT2D eigenvalue weighted by molar-refractivity contribution is -0.133. The van der Waals surface area contributed by atoms with Gasteiger partial charge in [0.2, 0.25) is 5.91 Å². The predicted molar refractivity (Wildman–Crippen MR) is 60.5 cm³/mol. The number of likely N-dealkylation sites (tertiary alicyclic amines) is 1. The van der Waals surface area contributed by atoms with Crippen molar-refractivity contribution in [2.75, 3.05) is 6.54 Å². The maximum atomic E-state index is 11.6. The molecule has 1 N–H and O–H groups in total. The molecule has 0 aromatic carbocycles. The number of piperidine rings is 1. The van der Waals surface area contributed by atoms with Gasteiger partial charge in [0, 0.05) is 31.9 Å². The van der Waals surface area contributed by atoms with Gasteiger partial charge in [-0.25, -0.2) is 4.79 Å². The van der Waals surface area contributed by atoms with Crippen LogP contribution >= 0.6 is 0 Å². The van der Waals surface area contributed by atoms with Crippen molar-refractivity contribution >= 4 is 11.9 Å². The van der Waals surface area contributed by atoms with Gasteiger partial charge in [0.25, 0.3) is 0 Å². The van der Waals surface area contributed by atoms with Crippen molar-refractivity contribution in [2.45, 2.75) is 25.8 Å². The summed E-state index contributed by atoms with van der Waals surface area (Å²) in [6.45, 7) is 1.20. The average Bonchev–Trinajstić information content (AvgIpc) is 2.32. The van der Waals surface area contributed by atoms with Gasteiger partial charge in [-0.05, 0) is 24.5 Å². The van der Waals surface area contributed by atoms with Gasteiger partial charge in [-0.1, -0.05) is 0 Å². The number of carboxylic acid groups (broad SMARTS) is 1. The maximum absolute atomic E-state index is 11.6. The number of carbonyl (C=O) groups excluding carboxylic acids is 1. The normalized spacial score (nSPS) is 16.0. The first-order chi connectivity index (χ1) is 8.16. The summed E-state index contributed by atoms with van der Waals surface area (Å²) in [6.07, 6.45) is 5.46. The van der Waals surface area contributed by atoms with E-state index in [9.17, 15) is 9.59 Å². The molecule has 0 atom stereocenters. The second-order valence-corrected chi connectivity index (χ2v) is 4.16. The molecule has 0 spiro atoms. The summed E-state index contributed by atoms with van der Waals surface area (Å²) in [4.78, 5) is 28.0. The van der Waals surface area contributed by atoms with Crippen molar-refractivity contribution in [3.63, 3.8) is 0 Å². The Hall–Kier alpha value is -1.91. The molecule has 90 valence electrons. The monoisotopic (exact) mass is 234 g/mol. The molecule has 2 rings (SSSR count). The van der Waals surface area contributed by atoms with Crippen molar-refractivity contribution in [2.24, 2.45) is 0 Å². The summed E-state index contributed by atoms with van der Waals surface area (Å²) in [5, 5.41) is 8.85. The van der Waals surface area contributed by atoms with Crippen LogP contribution in [0.4, 0.5) is 0 Å². The summed E-state index contributed by atoms with van der Waals surface area (Å²) in [5.41, 5.74) is 0.923. The van der Waals surface area contributed by atoms with Gasteiger partial charge in [0.15, 0.2) is 0 Å². The van der Waals surface area contributed by atoms with E-state index in [1.165, 1.54) is 6.20 Å². The van der Waals surface area contributed by atoms with Crippen LogP contribution in [0.25, 0.3) is 0 Å². The Labute approximate surface area is 99.1 Å².